The summed E-state index contributed by atoms with van der Waals surface area (Å²) in [7, 11) is -1.76. The van der Waals surface area contributed by atoms with E-state index in [2.05, 4.69) is 15.0 Å². The smallest absolute Gasteiger partial charge is 0.317 e. The molecule has 0 amide bonds. The highest BCUT2D eigenvalue weighted by Gasteiger charge is 2.48. The van der Waals surface area contributed by atoms with E-state index in [0.717, 1.165) is 0 Å². The zero-order chi connectivity index (χ0) is 19.6. The first-order valence-electron chi connectivity index (χ1n) is 8.19. The zero-order valence-corrected chi connectivity index (χ0v) is 15.8. The Morgan fingerprint density at radius 3 is 2.85 bits per heavy atom. The van der Waals surface area contributed by atoms with Crippen molar-refractivity contribution in [3.63, 3.8) is 0 Å². The molecule has 27 heavy (non-hydrogen) atoms. The predicted octanol–water partition coefficient (Wildman–Crippen LogP) is -0.515. The second-order valence-corrected chi connectivity index (χ2v) is 6.79. The molecule has 1 aliphatic rings. The van der Waals surface area contributed by atoms with Crippen LogP contribution in [-0.4, -0.2) is 74.3 Å². The van der Waals surface area contributed by atoms with E-state index in [9.17, 15) is 14.6 Å². The van der Waals surface area contributed by atoms with Crippen LogP contribution < -0.4 is 5.73 Å². The topological polar surface area (TPSA) is 164 Å². The van der Waals surface area contributed by atoms with Crippen molar-refractivity contribution in [1.29, 1.82) is 0 Å². The fourth-order valence-electron chi connectivity index (χ4n) is 2.89. The minimum absolute atomic E-state index is 0.176. The van der Waals surface area contributed by atoms with E-state index in [1.165, 1.54) is 19.8 Å². The molecule has 0 radical (unpaired) electrons. The van der Waals surface area contributed by atoms with E-state index in [0.29, 0.717) is 11.2 Å². The Morgan fingerprint density at radius 2 is 2.19 bits per heavy atom. The number of methoxy groups -OCH3 is 1. The summed E-state index contributed by atoms with van der Waals surface area (Å²) in [5.41, 5.74) is 6.59. The van der Waals surface area contributed by atoms with Crippen molar-refractivity contribution in [2.45, 2.75) is 37.6 Å². The lowest BCUT2D eigenvalue weighted by Gasteiger charge is -2.25. The van der Waals surface area contributed by atoms with Gasteiger partial charge < -0.3 is 34.5 Å². The maximum atomic E-state index is 11.3. The average Bonchev–Trinajstić information content (AvgIpc) is 3.21. The van der Waals surface area contributed by atoms with Gasteiger partial charge in [0, 0.05) is 7.11 Å². The molecule has 0 aromatic carbocycles. The molecule has 13 heteroatoms. The summed E-state index contributed by atoms with van der Waals surface area (Å²) in [6.07, 6.45) is -0.991. The summed E-state index contributed by atoms with van der Waals surface area (Å²) in [6.45, 7) is 1.55. The summed E-state index contributed by atoms with van der Waals surface area (Å²) >= 11 is 0. The van der Waals surface area contributed by atoms with Gasteiger partial charge in [-0.1, -0.05) is 0 Å². The molecule has 2 aromatic rings. The summed E-state index contributed by atoms with van der Waals surface area (Å²) in [5, 5.41) is 9.64. The van der Waals surface area contributed by atoms with Crippen LogP contribution in [0.2, 0.25) is 0 Å². The number of nitrogens with two attached hydrogens (primary N) is 1. The van der Waals surface area contributed by atoms with Crippen LogP contribution in [0.25, 0.3) is 11.2 Å². The number of nitrogens with zero attached hydrogens (tertiary/aromatic N) is 4. The molecule has 0 aliphatic carbocycles. The molecule has 3 heterocycles. The van der Waals surface area contributed by atoms with Crippen molar-refractivity contribution in [2.75, 3.05) is 26.1 Å². The molecule has 1 fully saturated rings. The number of hydrogen-bond donors (Lipinski definition) is 3. The summed E-state index contributed by atoms with van der Waals surface area (Å²) in [5.74, 6) is 0.203. The van der Waals surface area contributed by atoms with Gasteiger partial charge in [0.05, 0.1) is 25.6 Å². The van der Waals surface area contributed by atoms with E-state index in [1.54, 1.807) is 11.5 Å². The molecular formula is C14H22N5O7P. The molecule has 0 spiro atoms. The Kier molecular flexibility index (Phi) is 6.37. The van der Waals surface area contributed by atoms with Crippen LogP contribution in [-0.2, 0) is 23.3 Å². The zero-order valence-electron chi connectivity index (χ0n) is 14.8. The molecule has 0 bridgehead atoms. The van der Waals surface area contributed by atoms with Gasteiger partial charge in [0.2, 0.25) is 0 Å². The molecule has 3 unspecified atom stereocenters. The second-order valence-electron chi connectivity index (χ2n) is 6.02. The summed E-state index contributed by atoms with van der Waals surface area (Å²) in [4.78, 5) is 21.5. The Morgan fingerprint density at radius 1 is 1.41 bits per heavy atom. The molecule has 3 rings (SSSR count). The Labute approximate surface area is 155 Å². The van der Waals surface area contributed by atoms with Gasteiger partial charge in [-0.05, 0) is 6.92 Å². The quantitative estimate of drug-likeness (QED) is 0.486. The van der Waals surface area contributed by atoms with Crippen LogP contribution in [0.5, 0.6) is 0 Å². The molecule has 6 atom stereocenters. The first-order valence-corrected chi connectivity index (χ1v) is 9.46. The van der Waals surface area contributed by atoms with Crippen LogP contribution >= 0.6 is 8.25 Å². The number of anilines is 1. The highest BCUT2D eigenvalue weighted by Crippen LogP contribution is 2.38. The van der Waals surface area contributed by atoms with Crippen molar-refractivity contribution in [3.05, 3.63) is 12.7 Å². The minimum Gasteiger partial charge on any atom is -0.394 e. The summed E-state index contributed by atoms with van der Waals surface area (Å²) < 4.78 is 34.9. The highest BCUT2D eigenvalue weighted by atomic mass is 31.1. The van der Waals surface area contributed by atoms with Crippen molar-refractivity contribution < 1.29 is 33.3 Å². The number of hydrogen-bond acceptors (Lipinski definition) is 10. The van der Waals surface area contributed by atoms with Gasteiger partial charge >= 0.3 is 8.25 Å². The monoisotopic (exact) mass is 403 g/mol. The number of aliphatic hydroxyl groups excluding tert-OH is 1. The predicted molar refractivity (Wildman–Crippen MR) is 93.0 cm³/mol. The molecule has 4 N–H and O–H groups in total. The highest BCUT2D eigenvalue weighted by molar-refractivity contribution is 7.32. The molecule has 1 saturated heterocycles. The third-order valence-corrected chi connectivity index (χ3v) is 4.76. The summed E-state index contributed by atoms with van der Waals surface area (Å²) in [6, 6.07) is 0. The Balaban J connectivity index is 1.96. The van der Waals surface area contributed by atoms with Crippen molar-refractivity contribution in [1.82, 2.24) is 19.5 Å². The van der Waals surface area contributed by atoms with Gasteiger partial charge in [-0.2, -0.15) is 0 Å². The molecule has 12 nitrogen and oxygen atoms in total. The van der Waals surface area contributed by atoms with Crippen molar-refractivity contribution in [2.24, 2.45) is 0 Å². The van der Waals surface area contributed by atoms with Gasteiger partial charge in [0.15, 0.2) is 17.7 Å². The first kappa shape index (κ1) is 20.1. The number of nitrogen functional groups attached to an aromatic ring is 1. The van der Waals surface area contributed by atoms with Crippen LogP contribution in [0.15, 0.2) is 12.7 Å². The van der Waals surface area contributed by atoms with Gasteiger partial charge in [-0.15, -0.1) is 0 Å². The maximum absolute atomic E-state index is 11.3. The largest absolute Gasteiger partial charge is 0.394 e. The van der Waals surface area contributed by atoms with Crippen LogP contribution in [0.3, 0.4) is 0 Å². The second kappa shape index (κ2) is 8.57. The Bertz CT molecular complexity index is 805. The molecule has 0 saturated carbocycles. The van der Waals surface area contributed by atoms with Crippen molar-refractivity contribution in [3.8, 4) is 0 Å². The fourth-order valence-corrected chi connectivity index (χ4v) is 3.40. The Hall–Kier alpha value is -1.66. The van der Waals surface area contributed by atoms with E-state index in [1.807, 2.05) is 0 Å². The van der Waals surface area contributed by atoms with E-state index in [-0.39, 0.29) is 18.5 Å². The van der Waals surface area contributed by atoms with E-state index < -0.39 is 39.4 Å². The van der Waals surface area contributed by atoms with E-state index in [4.69, 9.17) is 24.5 Å². The average molecular weight is 403 g/mol. The lowest BCUT2D eigenvalue weighted by molar-refractivity contribution is -0.0900. The lowest BCUT2D eigenvalue weighted by atomic mass is 10.1. The fraction of sp³-hybridized carbons (Fsp3) is 0.643. The SMILES string of the molecule is CO[C@@H](C)COC1C(O[PH](=O)O)[C@@H](CO)O[C@H]1n1cnc2c(N)ncnc21. The number of aromatic nitrogens is 4. The number of ether oxygens (including phenoxy) is 3. The van der Waals surface area contributed by atoms with Gasteiger partial charge in [0.1, 0.15) is 30.2 Å². The number of rotatable bonds is 8. The first-order chi connectivity index (χ1) is 13.0. The van der Waals surface area contributed by atoms with Crippen molar-refractivity contribution >= 4 is 25.2 Å². The number of imidazole rings is 1. The van der Waals surface area contributed by atoms with Gasteiger partial charge in [-0.3, -0.25) is 9.13 Å². The minimum atomic E-state index is -3.30. The number of fused-ring (bicyclic) bond motifs is 1. The van der Waals surface area contributed by atoms with E-state index >= 15 is 0 Å². The molecule has 150 valence electrons. The molecular weight excluding hydrogens is 381 g/mol. The molecule has 2 aromatic heterocycles. The third-order valence-electron chi connectivity index (χ3n) is 4.29. The van der Waals surface area contributed by atoms with Crippen LogP contribution in [0.4, 0.5) is 5.82 Å². The van der Waals surface area contributed by atoms with Gasteiger partial charge in [-0.25, -0.2) is 15.0 Å². The van der Waals surface area contributed by atoms with Crippen LogP contribution in [0, 0.1) is 0 Å². The molecule has 1 aliphatic heterocycles. The van der Waals surface area contributed by atoms with Gasteiger partial charge in [0.25, 0.3) is 0 Å². The standard InChI is InChI=1S/C14H22N5O7P/c1-7(23-2)4-24-11-10(26-27(21)22)8(3-20)25-14(11)19-6-18-9-12(15)16-5-17-13(9)19/h5-8,10-11,14,20,27H,3-4H2,1-2H3,(H,21,22)(H2,15,16,17)/t7-,8+,10?,11?,14+/m0/s1. The third kappa shape index (κ3) is 4.11. The maximum Gasteiger partial charge on any atom is 0.317 e. The number of aliphatic hydroxyl groups is 1. The van der Waals surface area contributed by atoms with Crippen LogP contribution in [0.1, 0.15) is 13.2 Å². The lowest BCUT2D eigenvalue weighted by Crippen LogP contribution is -2.38. The normalized spacial score (nSPS) is 27.9.